The Bertz CT molecular complexity index is 584. The summed E-state index contributed by atoms with van der Waals surface area (Å²) in [7, 11) is 0. The van der Waals surface area contributed by atoms with E-state index in [0.717, 1.165) is 6.54 Å². The lowest BCUT2D eigenvalue weighted by Gasteiger charge is -2.38. The molecular weight excluding hydrogens is 310 g/mol. The van der Waals surface area contributed by atoms with Gasteiger partial charge < -0.3 is 4.90 Å². The van der Waals surface area contributed by atoms with E-state index in [2.05, 4.69) is 66.5 Å². The minimum atomic E-state index is -0.165. The Balaban J connectivity index is 1.65. The van der Waals surface area contributed by atoms with Crippen LogP contribution in [0, 0.1) is 11.3 Å². The lowest BCUT2D eigenvalue weighted by atomic mass is 9.81. The first-order chi connectivity index (χ1) is 10.6. The van der Waals surface area contributed by atoms with E-state index in [1.807, 2.05) is 6.07 Å². The first-order valence-corrected chi connectivity index (χ1v) is 10.2. The second kappa shape index (κ2) is 5.20. The molecule has 1 aromatic rings. The van der Waals surface area contributed by atoms with Crippen molar-refractivity contribution in [2.75, 3.05) is 18.1 Å². The second-order valence-corrected chi connectivity index (χ2v) is 9.98. The van der Waals surface area contributed by atoms with Gasteiger partial charge in [-0.15, -0.1) is 23.5 Å². The van der Waals surface area contributed by atoms with Crippen LogP contribution in [0.4, 0.5) is 0 Å². The maximum Gasteiger partial charge on any atom is 0.231 e. The van der Waals surface area contributed by atoms with Crippen LogP contribution in [-0.2, 0) is 4.79 Å². The lowest BCUT2D eigenvalue weighted by Crippen LogP contribution is -2.45. The second-order valence-electron chi connectivity index (χ2n) is 6.93. The third-order valence-corrected chi connectivity index (χ3v) is 10.0. The zero-order chi connectivity index (χ0) is 15.4. The largest absolute Gasteiger partial charge is 0.335 e. The van der Waals surface area contributed by atoms with Crippen LogP contribution in [0.2, 0.25) is 0 Å². The molecule has 4 heteroatoms. The minimum Gasteiger partial charge on any atom is -0.335 e. The van der Waals surface area contributed by atoms with Gasteiger partial charge in [0.05, 0.1) is 15.5 Å². The van der Waals surface area contributed by atoms with Crippen LogP contribution in [0.3, 0.4) is 0 Å². The fourth-order valence-corrected chi connectivity index (χ4v) is 8.39. The van der Waals surface area contributed by atoms with E-state index in [1.54, 1.807) is 0 Å². The van der Waals surface area contributed by atoms with Crippen molar-refractivity contribution in [3.63, 3.8) is 0 Å². The summed E-state index contributed by atoms with van der Waals surface area (Å²) >= 11 is 4.11. The van der Waals surface area contributed by atoms with Crippen LogP contribution in [-0.4, -0.2) is 32.9 Å². The Labute approximate surface area is 141 Å². The lowest BCUT2D eigenvalue weighted by molar-refractivity contribution is -0.137. The number of hydrogen-bond donors (Lipinski definition) is 0. The van der Waals surface area contributed by atoms with E-state index in [0.29, 0.717) is 11.8 Å². The summed E-state index contributed by atoms with van der Waals surface area (Å²) in [6, 6.07) is 10.6. The van der Waals surface area contributed by atoms with Gasteiger partial charge in [-0.05, 0) is 38.2 Å². The molecule has 3 aliphatic rings. The van der Waals surface area contributed by atoms with Crippen molar-refractivity contribution < 1.29 is 4.79 Å². The molecule has 0 N–H and O–H groups in total. The van der Waals surface area contributed by atoms with Crippen LogP contribution in [0.25, 0.3) is 0 Å². The SMILES string of the molecule is C[C@H](c1ccccc1)N1CC2CCC3(SCCS3)[C@]2(C)C1=O. The van der Waals surface area contributed by atoms with Crippen molar-refractivity contribution >= 4 is 29.4 Å². The molecule has 0 radical (unpaired) electrons. The van der Waals surface area contributed by atoms with Gasteiger partial charge in [-0.3, -0.25) is 4.79 Å². The van der Waals surface area contributed by atoms with Gasteiger partial charge in [0, 0.05) is 18.1 Å². The predicted octanol–water partition coefficient (Wildman–Crippen LogP) is 4.18. The molecule has 2 aliphatic heterocycles. The highest BCUT2D eigenvalue weighted by atomic mass is 32.2. The van der Waals surface area contributed by atoms with Crippen molar-refractivity contribution in [1.29, 1.82) is 0 Å². The molecule has 1 saturated carbocycles. The number of benzene rings is 1. The highest BCUT2D eigenvalue weighted by Gasteiger charge is 2.67. The minimum absolute atomic E-state index is 0.153. The average molecular weight is 334 g/mol. The van der Waals surface area contributed by atoms with Crippen LogP contribution in [0.5, 0.6) is 0 Å². The number of hydrogen-bond acceptors (Lipinski definition) is 3. The molecule has 3 atom stereocenters. The molecule has 1 amide bonds. The Morgan fingerprint density at radius 1 is 1.23 bits per heavy atom. The Kier molecular flexibility index (Phi) is 3.53. The summed E-state index contributed by atoms with van der Waals surface area (Å²) in [5.41, 5.74) is 1.09. The van der Waals surface area contributed by atoms with Gasteiger partial charge in [-0.25, -0.2) is 0 Å². The van der Waals surface area contributed by atoms with Crippen molar-refractivity contribution in [2.24, 2.45) is 11.3 Å². The van der Waals surface area contributed by atoms with Gasteiger partial charge in [0.25, 0.3) is 0 Å². The molecule has 1 spiro atoms. The topological polar surface area (TPSA) is 20.3 Å². The predicted molar refractivity (Wildman–Crippen MR) is 95.0 cm³/mol. The molecule has 1 aliphatic carbocycles. The molecule has 118 valence electrons. The fourth-order valence-electron chi connectivity index (χ4n) is 4.60. The van der Waals surface area contributed by atoms with E-state index in [4.69, 9.17) is 0 Å². The highest BCUT2D eigenvalue weighted by Crippen LogP contribution is 2.68. The first-order valence-electron chi connectivity index (χ1n) is 8.22. The Morgan fingerprint density at radius 3 is 2.59 bits per heavy atom. The fraction of sp³-hybridized carbons (Fsp3) is 0.611. The molecule has 4 rings (SSSR count). The van der Waals surface area contributed by atoms with Gasteiger partial charge in [0.1, 0.15) is 0 Å². The number of fused-ring (bicyclic) bond motifs is 2. The van der Waals surface area contributed by atoms with Gasteiger partial charge in [0.15, 0.2) is 0 Å². The Morgan fingerprint density at radius 2 is 1.91 bits per heavy atom. The van der Waals surface area contributed by atoms with Crippen LogP contribution >= 0.6 is 23.5 Å². The number of amides is 1. The van der Waals surface area contributed by atoms with Gasteiger partial charge in [0.2, 0.25) is 5.91 Å². The summed E-state index contributed by atoms with van der Waals surface area (Å²) < 4.78 is 0.153. The molecule has 0 bridgehead atoms. The summed E-state index contributed by atoms with van der Waals surface area (Å²) in [4.78, 5) is 15.5. The molecule has 2 saturated heterocycles. The standard InChI is InChI=1S/C18H23NOS2/c1-13(14-6-4-3-5-7-14)19-12-15-8-9-18(21-10-11-22-18)17(15,2)16(19)20/h3-7,13,15H,8-12H2,1-2H3/t13-,15?,17+/m1/s1. The van der Waals surface area contributed by atoms with Crippen LogP contribution in [0.15, 0.2) is 30.3 Å². The highest BCUT2D eigenvalue weighted by molar-refractivity contribution is 8.21. The van der Waals surface area contributed by atoms with Gasteiger partial charge in [-0.2, -0.15) is 0 Å². The third-order valence-electron chi connectivity index (χ3n) is 6.06. The van der Waals surface area contributed by atoms with Gasteiger partial charge in [-0.1, -0.05) is 30.3 Å². The van der Waals surface area contributed by atoms with E-state index >= 15 is 0 Å². The number of likely N-dealkylation sites (tertiary alicyclic amines) is 1. The summed E-state index contributed by atoms with van der Waals surface area (Å²) in [6.07, 6.45) is 2.42. The zero-order valence-corrected chi connectivity index (χ0v) is 14.9. The molecule has 1 unspecified atom stereocenters. The number of carbonyl (C=O) groups is 1. The van der Waals surface area contributed by atoms with Crippen molar-refractivity contribution in [3.8, 4) is 0 Å². The number of thioether (sulfide) groups is 2. The van der Waals surface area contributed by atoms with Gasteiger partial charge >= 0.3 is 0 Å². The molecule has 22 heavy (non-hydrogen) atoms. The summed E-state index contributed by atoms with van der Waals surface area (Å²) in [6.45, 7) is 5.38. The van der Waals surface area contributed by atoms with Crippen LogP contribution < -0.4 is 0 Å². The van der Waals surface area contributed by atoms with E-state index in [-0.39, 0.29) is 15.5 Å². The summed E-state index contributed by atoms with van der Waals surface area (Å²) in [5, 5.41) is 0. The molecule has 3 fully saturated rings. The molecular formula is C18H23NOS2. The molecule has 0 aromatic heterocycles. The van der Waals surface area contributed by atoms with E-state index in [1.165, 1.54) is 29.9 Å². The van der Waals surface area contributed by atoms with Crippen molar-refractivity contribution in [3.05, 3.63) is 35.9 Å². The molecule has 2 heterocycles. The average Bonchev–Trinajstić information content (AvgIpc) is 3.20. The molecule has 2 nitrogen and oxygen atoms in total. The van der Waals surface area contributed by atoms with E-state index < -0.39 is 0 Å². The van der Waals surface area contributed by atoms with E-state index in [9.17, 15) is 4.79 Å². The van der Waals surface area contributed by atoms with Crippen molar-refractivity contribution in [2.45, 2.75) is 36.8 Å². The number of nitrogens with zero attached hydrogens (tertiary/aromatic N) is 1. The maximum absolute atomic E-state index is 13.4. The van der Waals surface area contributed by atoms with Crippen molar-refractivity contribution in [1.82, 2.24) is 4.90 Å². The van der Waals surface area contributed by atoms with Crippen LogP contribution in [0.1, 0.15) is 38.3 Å². The third kappa shape index (κ3) is 1.86. The monoisotopic (exact) mass is 333 g/mol. The zero-order valence-electron chi connectivity index (χ0n) is 13.2. The number of carbonyl (C=O) groups excluding carboxylic acids is 1. The normalized spacial score (nSPS) is 34.4. The smallest absolute Gasteiger partial charge is 0.231 e. The molecule has 1 aromatic carbocycles. The quantitative estimate of drug-likeness (QED) is 0.810. The summed E-state index contributed by atoms with van der Waals surface area (Å²) in [5.74, 6) is 3.33. The number of rotatable bonds is 2. The first kappa shape index (κ1) is 14.9. The maximum atomic E-state index is 13.4. The Hall–Kier alpha value is -0.610.